The summed E-state index contributed by atoms with van der Waals surface area (Å²) in [6.45, 7) is 5.77. The number of nitrogens with zero attached hydrogens (tertiary/aromatic N) is 1. The van der Waals surface area contributed by atoms with Gasteiger partial charge in [-0.2, -0.15) is 4.91 Å². The first-order chi connectivity index (χ1) is 3.18. The Morgan fingerprint density at radius 2 is 1.71 bits per heavy atom. The fourth-order valence-electron chi connectivity index (χ4n) is 0.122. The minimum Gasteiger partial charge on any atom is -0.151 e. The second-order valence-electron chi connectivity index (χ2n) is 2.09. The zero-order valence-electron chi connectivity index (χ0n) is 5.01. The van der Waals surface area contributed by atoms with Crippen molar-refractivity contribution in [3.05, 3.63) is 4.91 Å². The number of hydrogen-bond acceptors (Lipinski definition) is 2. The first-order valence-electron chi connectivity index (χ1n) is 2.51. The maximum Gasteiger partial charge on any atom is 0.0914 e. The predicted molar refractivity (Wildman–Crippen MR) is 30.1 cm³/mol. The van der Waals surface area contributed by atoms with Crippen molar-refractivity contribution in [3.8, 4) is 0 Å². The molecular weight excluding hydrogens is 90.1 g/mol. The molecular formula is C5H11NO. The topological polar surface area (TPSA) is 29.4 Å². The van der Waals surface area contributed by atoms with Gasteiger partial charge in [-0.3, -0.25) is 0 Å². The summed E-state index contributed by atoms with van der Waals surface area (Å²) in [5.74, 6) is 0.387. The zero-order valence-corrected chi connectivity index (χ0v) is 5.01. The van der Waals surface area contributed by atoms with E-state index in [0.29, 0.717) is 5.92 Å². The number of hydrogen-bond donors (Lipinski definition) is 0. The molecule has 0 heterocycles. The smallest absolute Gasteiger partial charge is 0.0914 e. The highest BCUT2D eigenvalue weighted by atomic mass is 16.3. The van der Waals surface area contributed by atoms with Crippen LogP contribution in [0.1, 0.15) is 20.8 Å². The normalized spacial score (nSPS) is 14.3. The highest BCUT2D eigenvalue weighted by Gasteiger charge is 2.03. The van der Waals surface area contributed by atoms with E-state index in [1.165, 1.54) is 0 Å². The Labute approximate surface area is 43.9 Å². The van der Waals surface area contributed by atoms with Crippen LogP contribution in [0, 0.1) is 10.8 Å². The predicted octanol–water partition coefficient (Wildman–Crippen LogP) is 1.80. The molecule has 0 unspecified atom stereocenters. The fraction of sp³-hybridized carbons (Fsp3) is 1.00. The summed E-state index contributed by atoms with van der Waals surface area (Å²) < 4.78 is 0. The Morgan fingerprint density at radius 1 is 1.29 bits per heavy atom. The molecule has 0 rings (SSSR count). The van der Waals surface area contributed by atoms with Gasteiger partial charge in [0.1, 0.15) is 0 Å². The van der Waals surface area contributed by atoms with Crippen LogP contribution < -0.4 is 0 Å². The van der Waals surface area contributed by atoms with E-state index in [2.05, 4.69) is 5.18 Å². The Balaban J connectivity index is 3.33. The second-order valence-corrected chi connectivity index (χ2v) is 2.09. The molecule has 0 aromatic heterocycles. The van der Waals surface area contributed by atoms with Crippen LogP contribution in [-0.2, 0) is 0 Å². The van der Waals surface area contributed by atoms with Gasteiger partial charge < -0.3 is 0 Å². The second kappa shape index (κ2) is 2.72. The lowest BCUT2D eigenvalue weighted by Gasteiger charge is -2.02. The molecule has 0 aromatic rings. The fourth-order valence-corrected chi connectivity index (χ4v) is 0.122. The molecule has 0 aromatic carbocycles. The van der Waals surface area contributed by atoms with Crippen molar-refractivity contribution in [3.63, 3.8) is 0 Å². The third-order valence-corrected chi connectivity index (χ3v) is 1.13. The Hall–Kier alpha value is -0.400. The van der Waals surface area contributed by atoms with E-state index in [4.69, 9.17) is 0 Å². The van der Waals surface area contributed by atoms with Crippen LogP contribution in [0.3, 0.4) is 0 Å². The van der Waals surface area contributed by atoms with Crippen molar-refractivity contribution in [1.82, 2.24) is 0 Å². The molecule has 0 radical (unpaired) electrons. The van der Waals surface area contributed by atoms with E-state index in [1.54, 1.807) is 0 Å². The van der Waals surface area contributed by atoms with Gasteiger partial charge in [-0.15, -0.1) is 0 Å². The average molecular weight is 101 g/mol. The van der Waals surface area contributed by atoms with Gasteiger partial charge in [0.05, 0.1) is 6.04 Å². The maximum absolute atomic E-state index is 9.70. The van der Waals surface area contributed by atoms with Gasteiger partial charge in [0.2, 0.25) is 0 Å². The minimum atomic E-state index is -0.0278. The van der Waals surface area contributed by atoms with Crippen molar-refractivity contribution in [2.45, 2.75) is 26.8 Å². The molecule has 0 N–H and O–H groups in total. The summed E-state index contributed by atoms with van der Waals surface area (Å²) in [5.41, 5.74) is 0. The molecule has 0 bridgehead atoms. The van der Waals surface area contributed by atoms with E-state index in [9.17, 15) is 4.91 Å². The van der Waals surface area contributed by atoms with Crippen molar-refractivity contribution in [2.75, 3.05) is 0 Å². The lowest BCUT2D eigenvalue weighted by molar-refractivity contribution is 0.528. The molecule has 2 heteroatoms. The van der Waals surface area contributed by atoms with Gasteiger partial charge in [0.25, 0.3) is 0 Å². The largest absolute Gasteiger partial charge is 0.151 e. The van der Waals surface area contributed by atoms with E-state index >= 15 is 0 Å². The zero-order chi connectivity index (χ0) is 5.86. The molecule has 0 saturated heterocycles. The standard InChI is InChI=1S/C5H11NO/c1-4(2)5(3)6-7/h4-5H,1-3H3/t5-/m1/s1. The van der Waals surface area contributed by atoms with E-state index in [0.717, 1.165) is 0 Å². The van der Waals surface area contributed by atoms with Gasteiger partial charge in [0, 0.05) is 0 Å². The Kier molecular flexibility index (Phi) is 2.56. The lowest BCUT2D eigenvalue weighted by Crippen LogP contribution is -2.05. The highest BCUT2D eigenvalue weighted by Crippen LogP contribution is 2.02. The molecule has 0 saturated carbocycles. The van der Waals surface area contributed by atoms with E-state index in [1.807, 2.05) is 20.8 Å². The molecule has 42 valence electrons. The first-order valence-corrected chi connectivity index (χ1v) is 2.51. The highest BCUT2D eigenvalue weighted by molar-refractivity contribution is 4.60. The monoisotopic (exact) mass is 101 g/mol. The average Bonchev–Trinajstić information content (AvgIpc) is 1.65. The molecule has 7 heavy (non-hydrogen) atoms. The van der Waals surface area contributed by atoms with Crippen molar-refractivity contribution in [1.29, 1.82) is 0 Å². The Bertz CT molecular complexity index is 61.1. The summed E-state index contributed by atoms with van der Waals surface area (Å²) in [6, 6.07) is -0.0278. The first kappa shape index (κ1) is 6.60. The van der Waals surface area contributed by atoms with Gasteiger partial charge in [-0.05, 0) is 12.8 Å². The van der Waals surface area contributed by atoms with Crippen LogP contribution in [0.25, 0.3) is 0 Å². The SMILES string of the molecule is CC(C)[C@@H](C)N=O. The van der Waals surface area contributed by atoms with Gasteiger partial charge in [-0.25, -0.2) is 0 Å². The molecule has 1 atom stereocenters. The van der Waals surface area contributed by atoms with Gasteiger partial charge in [-0.1, -0.05) is 19.0 Å². The third kappa shape index (κ3) is 2.31. The van der Waals surface area contributed by atoms with Crippen LogP contribution >= 0.6 is 0 Å². The molecule has 2 nitrogen and oxygen atoms in total. The molecule has 0 amide bonds. The van der Waals surface area contributed by atoms with E-state index < -0.39 is 0 Å². The molecule has 0 aliphatic carbocycles. The van der Waals surface area contributed by atoms with Crippen LogP contribution in [0.15, 0.2) is 5.18 Å². The van der Waals surface area contributed by atoms with Crippen LogP contribution in [0.4, 0.5) is 0 Å². The number of rotatable bonds is 2. The van der Waals surface area contributed by atoms with E-state index in [-0.39, 0.29) is 6.04 Å². The lowest BCUT2D eigenvalue weighted by atomic mass is 10.1. The molecule has 0 aliphatic heterocycles. The molecule has 0 spiro atoms. The quantitative estimate of drug-likeness (QED) is 0.487. The van der Waals surface area contributed by atoms with Crippen molar-refractivity contribution < 1.29 is 0 Å². The van der Waals surface area contributed by atoms with Crippen molar-refractivity contribution >= 4 is 0 Å². The minimum absolute atomic E-state index is 0.0278. The van der Waals surface area contributed by atoms with Crippen LogP contribution in [-0.4, -0.2) is 6.04 Å². The van der Waals surface area contributed by atoms with Crippen molar-refractivity contribution in [2.24, 2.45) is 11.1 Å². The number of nitroso groups, excluding NO2 is 1. The third-order valence-electron chi connectivity index (χ3n) is 1.13. The van der Waals surface area contributed by atoms with Crippen LogP contribution in [0.2, 0.25) is 0 Å². The van der Waals surface area contributed by atoms with Gasteiger partial charge in [0.15, 0.2) is 0 Å². The Morgan fingerprint density at radius 3 is 1.71 bits per heavy atom. The van der Waals surface area contributed by atoms with Gasteiger partial charge >= 0.3 is 0 Å². The summed E-state index contributed by atoms with van der Waals surface area (Å²) >= 11 is 0. The summed E-state index contributed by atoms with van der Waals surface area (Å²) in [5, 5.41) is 2.84. The molecule has 0 fully saturated rings. The summed E-state index contributed by atoms with van der Waals surface area (Å²) in [6.07, 6.45) is 0. The summed E-state index contributed by atoms with van der Waals surface area (Å²) in [7, 11) is 0. The van der Waals surface area contributed by atoms with Crippen LogP contribution in [0.5, 0.6) is 0 Å². The maximum atomic E-state index is 9.70. The summed E-state index contributed by atoms with van der Waals surface area (Å²) in [4.78, 5) is 9.70. The molecule has 0 aliphatic rings.